The van der Waals surface area contributed by atoms with Gasteiger partial charge in [-0.2, -0.15) is 0 Å². The number of imidazole rings is 1. The molecule has 0 N–H and O–H groups in total. The molecule has 0 saturated carbocycles. The molecule has 0 aliphatic carbocycles. The summed E-state index contributed by atoms with van der Waals surface area (Å²) in [5, 5.41) is 0. The monoisotopic (exact) mass is 226 g/mol. The molecule has 1 aromatic heterocycles. The fourth-order valence-electron chi connectivity index (χ4n) is 2.06. The molecule has 0 bridgehead atoms. The molecule has 1 aromatic carbocycles. The lowest BCUT2D eigenvalue weighted by Crippen LogP contribution is -1.94. The minimum Gasteiger partial charge on any atom is -0.467 e. The minimum atomic E-state index is 0.0833. The van der Waals surface area contributed by atoms with Crippen molar-refractivity contribution in [2.24, 2.45) is 0 Å². The lowest BCUT2D eigenvalue weighted by atomic mass is 10.2. The van der Waals surface area contributed by atoms with Crippen LogP contribution in [-0.2, 0) is 4.74 Å². The number of benzene rings is 1. The summed E-state index contributed by atoms with van der Waals surface area (Å²) in [7, 11) is 0. The molecule has 0 saturated heterocycles. The topological polar surface area (TPSA) is 27.1 Å². The van der Waals surface area contributed by atoms with Crippen LogP contribution in [0.1, 0.15) is 30.8 Å². The van der Waals surface area contributed by atoms with Crippen molar-refractivity contribution >= 4 is 12.0 Å². The van der Waals surface area contributed by atoms with E-state index >= 15 is 0 Å². The van der Waals surface area contributed by atoms with Gasteiger partial charge in [-0.3, -0.25) is 4.57 Å². The van der Waals surface area contributed by atoms with E-state index < -0.39 is 0 Å². The third-order valence-corrected chi connectivity index (χ3v) is 2.92. The number of ether oxygens (including phenoxy) is 1. The minimum absolute atomic E-state index is 0.0833. The summed E-state index contributed by atoms with van der Waals surface area (Å²) in [6, 6.07) is 10.2. The number of hydrogen-bond donors (Lipinski definition) is 0. The van der Waals surface area contributed by atoms with Crippen molar-refractivity contribution in [2.45, 2.75) is 19.4 Å². The molecule has 0 radical (unpaired) electrons. The first-order valence-electron chi connectivity index (χ1n) is 5.85. The first-order valence-corrected chi connectivity index (χ1v) is 5.85. The van der Waals surface area contributed by atoms with Crippen molar-refractivity contribution in [3.8, 4) is 0 Å². The highest BCUT2D eigenvalue weighted by molar-refractivity contribution is 5.68. The normalized spacial score (nSPS) is 20.3. The second-order valence-electron chi connectivity index (χ2n) is 4.06. The fraction of sp³-hybridized carbons (Fsp3) is 0.214. The van der Waals surface area contributed by atoms with Crippen molar-refractivity contribution in [1.82, 2.24) is 9.55 Å². The lowest BCUT2D eigenvalue weighted by molar-refractivity contribution is 0.180. The van der Waals surface area contributed by atoms with Crippen LogP contribution in [0.4, 0.5) is 0 Å². The van der Waals surface area contributed by atoms with Crippen LogP contribution >= 0.6 is 0 Å². The van der Waals surface area contributed by atoms with Crippen molar-refractivity contribution in [1.29, 1.82) is 0 Å². The number of nitrogens with zero attached hydrogens (tertiary/aromatic N) is 2. The van der Waals surface area contributed by atoms with Crippen molar-refractivity contribution < 1.29 is 4.74 Å². The summed E-state index contributed by atoms with van der Waals surface area (Å²) < 4.78 is 7.90. The number of rotatable bonds is 2. The summed E-state index contributed by atoms with van der Waals surface area (Å²) in [4.78, 5) is 4.34. The smallest absolute Gasteiger partial charge is 0.200 e. The van der Waals surface area contributed by atoms with Gasteiger partial charge in [-0.05, 0) is 12.0 Å². The first kappa shape index (κ1) is 10.1. The Morgan fingerprint density at radius 2 is 2.18 bits per heavy atom. The quantitative estimate of drug-likeness (QED) is 0.785. The molecule has 2 heterocycles. The van der Waals surface area contributed by atoms with Gasteiger partial charge in [-0.1, -0.05) is 37.3 Å². The highest BCUT2D eigenvalue weighted by Gasteiger charge is 2.27. The van der Waals surface area contributed by atoms with E-state index in [2.05, 4.69) is 24.0 Å². The maximum Gasteiger partial charge on any atom is 0.200 e. The highest BCUT2D eigenvalue weighted by Crippen LogP contribution is 2.34. The highest BCUT2D eigenvalue weighted by atomic mass is 16.5. The summed E-state index contributed by atoms with van der Waals surface area (Å²) in [6.45, 7) is 2.11. The van der Waals surface area contributed by atoms with E-state index in [1.807, 2.05) is 41.2 Å². The van der Waals surface area contributed by atoms with E-state index in [4.69, 9.17) is 4.74 Å². The van der Waals surface area contributed by atoms with Crippen molar-refractivity contribution in [2.75, 3.05) is 0 Å². The van der Waals surface area contributed by atoms with E-state index in [9.17, 15) is 0 Å². The molecule has 0 amide bonds. The van der Waals surface area contributed by atoms with Gasteiger partial charge in [0.15, 0.2) is 17.8 Å². The standard InChI is InChI=1S/C14H14N2O/c1-2-12-14-15-8-9-16(14)13(17-12)10-11-6-4-3-5-7-11/h3-10,12H,2H2,1H3/b13-10-. The van der Waals surface area contributed by atoms with Crippen LogP contribution in [0.2, 0.25) is 0 Å². The molecular formula is C14H14N2O. The molecule has 1 aliphatic heterocycles. The number of aromatic nitrogens is 2. The van der Waals surface area contributed by atoms with Crippen LogP contribution in [0.3, 0.4) is 0 Å². The van der Waals surface area contributed by atoms with Crippen LogP contribution in [0, 0.1) is 0 Å². The third-order valence-electron chi connectivity index (χ3n) is 2.92. The van der Waals surface area contributed by atoms with Crippen molar-refractivity contribution in [3.63, 3.8) is 0 Å². The predicted molar refractivity (Wildman–Crippen MR) is 67.0 cm³/mol. The zero-order valence-corrected chi connectivity index (χ0v) is 9.71. The Morgan fingerprint density at radius 1 is 1.35 bits per heavy atom. The van der Waals surface area contributed by atoms with E-state index in [1.165, 1.54) is 0 Å². The van der Waals surface area contributed by atoms with E-state index in [0.717, 1.165) is 23.7 Å². The SMILES string of the molecule is CCC1O/C(=C\c2ccccc2)n2ccnc21. The summed E-state index contributed by atoms with van der Waals surface area (Å²) in [6.07, 6.45) is 6.82. The molecule has 1 atom stereocenters. The molecule has 3 heteroatoms. The van der Waals surface area contributed by atoms with Crippen LogP contribution < -0.4 is 0 Å². The molecule has 17 heavy (non-hydrogen) atoms. The fourth-order valence-corrected chi connectivity index (χ4v) is 2.06. The van der Waals surface area contributed by atoms with Crippen LogP contribution in [0.25, 0.3) is 12.0 Å². The average Bonchev–Trinajstić information content (AvgIpc) is 2.94. The van der Waals surface area contributed by atoms with Crippen molar-refractivity contribution in [3.05, 3.63) is 54.1 Å². The van der Waals surface area contributed by atoms with E-state index in [1.54, 1.807) is 0 Å². The van der Waals surface area contributed by atoms with Crippen LogP contribution in [0.5, 0.6) is 0 Å². The van der Waals surface area contributed by atoms with E-state index in [0.29, 0.717) is 0 Å². The van der Waals surface area contributed by atoms with Gasteiger partial charge in [0.1, 0.15) is 0 Å². The van der Waals surface area contributed by atoms with Gasteiger partial charge >= 0.3 is 0 Å². The molecule has 0 fully saturated rings. The third kappa shape index (κ3) is 1.73. The van der Waals surface area contributed by atoms with Crippen LogP contribution in [0.15, 0.2) is 42.7 Å². The van der Waals surface area contributed by atoms with Gasteiger partial charge in [-0.15, -0.1) is 0 Å². The molecule has 0 spiro atoms. The molecule has 3 rings (SSSR count). The van der Waals surface area contributed by atoms with E-state index in [-0.39, 0.29) is 6.10 Å². The Balaban J connectivity index is 2.00. The molecule has 1 aliphatic rings. The Kier molecular flexibility index (Phi) is 2.44. The zero-order valence-electron chi connectivity index (χ0n) is 9.71. The Labute approximate surface area is 100 Å². The Hall–Kier alpha value is -2.03. The zero-order chi connectivity index (χ0) is 11.7. The van der Waals surface area contributed by atoms with Crippen LogP contribution in [-0.4, -0.2) is 9.55 Å². The maximum absolute atomic E-state index is 5.89. The average molecular weight is 226 g/mol. The van der Waals surface area contributed by atoms with Gasteiger partial charge < -0.3 is 4.74 Å². The maximum atomic E-state index is 5.89. The molecule has 3 nitrogen and oxygen atoms in total. The summed E-state index contributed by atoms with van der Waals surface area (Å²) in [5.74, 6) is 1.85. The largest absolute Gasteiger partial charge is 0.467 e. The molecule has 2 aromatic rings. The second kappa shape index (κ2) is 4.09. The summed E-state index contributed by atoms with van der Waals surface area (Å²) >= 11 is 0. The van der Waals surface area contributed by atoms with Gasteiger partial charge in [0.05, 0.1) is 0 Å². The Bertz CT molecular complexity index is 542. The number of hydrogen-bond acceptors (Lipinski definition) is 2. The first-order chi connectivity index (χ1) is 8.38. The predicted octanol–water partition coefficient (Wildman–Crippen LogP) is 3.32. The summed E-state index contributed by atoms with van der Waals surface area (Å²) in [5.41, 5.74) is 1.14. The van der Waals surface area contributed by atoms with Gasteiger partial charge in [-0.25, -0.2) is 4.98 Å². The molecular weight excluding hydrogens is 212 g/mol. The lowest BCUT2D eigenvalue weighted by Gasteiger charge is -2.06. The molecule has 1 unspecified atom stereocenters. The number of fused-ring (bicyclic) bond motifs is 1. The second-order valence-corrected chi connectivity index (χ2v) is 4.06. The van der Waals surface area contributed by atoms with Gasteiger partial charge in [0.2, 0.25) is 0 Å². The van der Waals surface area contributed by atoms with Gasteiger partial charge in [0.25, 0.3) is 0 Å². The Morgan fingerprint density at radius 3 is 2.94 bits per heavy atom. The molecule has 86 valence electrons. The van der Waals surface area contributed by atoms with Gasteiger partial charge in [0, 0.05) is 18.5 Å².